The monoisotopic (exact) mass is 238 g/mol. The zero-order valence-electron chi connectivity index (χ0n) is 9.84. The molecular weight excluding hydrogens is 223 g/mol. The SMILES string of the molecule is CCOC(=O)c1ccc(B(O)O)cc1OCC. The maximum absolute atomic E-state index is 11.6. The van der Waals surface area contributed by atoms with Crippen molar-refractivity contribution in [1.82, 2.24) is 0 Å². The molecule has 1 rings (SSSR count). The molecule has 0 aliphatic carbocycles. The van der Waals surface area contributed by atoms with E-state index in [0.29, 0.717) is 6.61 Å². The molecule has 0 aliphatic heterocycles. The normalized spacial score (nSPS) is 9.88. The highest BCUT2D eigenvalue weighted by Gasteiger charge is 2.18. The third-order valence-electron chi connectivity index (χ3n) is 2.10. The summed E-state index contributed by atoms with van der Waals surface area (Å²) >= 11 is 0. The molecule has 0 unspecified atom stereocenters. The van der Waals surface area contributed by atoms with Crippen molar-refractivity contribution in [3.63, 3.8) is 0 Å². The van der Waals surface area contributed by atoms with Crippen molar-refractivity contribution in [3.05, 3.63) is 23.8 Å². The van der Waals surface area contributed by atoms with Gasteiger partial charge in [-0.15, -0.1) is 0 Å². The van der Waals surface area contributed by atoms with Gasteiger partial charge in [0.2, 0.25) is 0 Å². The lowest BCUT2D eigenvalue weighted by molar-refractivity contribution is 0.0522. The van der Waals surface area contributed by atoms with Gasteiger partial charge in [-0.05, 0) is 31.4 Å². The molecule has 0 saturated carbocycles. The molecule has 0 amide bonds. The number of carbonyl (C=O) groups excluding carboxylic acids is 1. The number of esters is 1. The lowest BCUT2D eigenvalue weighted by atomic mass is 9.80. The molecule has 5 nitrogen and oxygen atoms in total. The van der Waals surface area contributed by atoms with Gasteiger partial charge in [-0.3, -0.25) is 0 Å². The number of hydrogen-bond acceptors (Lipinski definition) is 5. The summed E-state index contributed by atoms with van der Waals surface area (Å²) < 4.78 is 10.1. The standard InChI is InChI=1S/C11H15BO5/c1-3-16-10-7-8(12(14)15)5-6-9(10)11(13)17-4-2/h5-7,14-15H,3-4H2,1-2H3. The molecule has 0 aliphatic rings. The van der Waals surface area contributed by atoms with Gasteiger partial charge in [0.25, 0.3) is 0 Å². The lowest BCUT2D eigenvalue weighted by Crippen LogP contribution is -2.30. The Labute approximate surface area is 100 Å². The van der Waals surface area contributed by atoms with Crippen molar-refractivity contribution < 1.29 is 24.3 Å². The van der Waals surface area contributed by atoms with Gasteiger partial charge in [-0.1, -0.05) is 6.07 Å². The van der Waals surface area contributed by atoms with Crippen LogP contribution in [-0.4, -0.2) is 36.3 Å². The fourth-order valence-electron chi connectivity index (χ4n) is 1.35. The summed E-state index contributed by atoms with van der Waals surface area (Å²) in [5.74, 6) is -0.202. The van der Waals surface area contributed by atoms with E-state index in [1.54, 1.807) is 13.8 Å². The van der Waals surface area contributed by atoms with Crippen molar-refractivity contribution in [2.75, 3.05) is 13.2 Å². The zero-order chi connectivity index (χ0) is 12.8. The third kappa shape index (κ3) is 3.47. The van der Waals surface area contributed by atoms with Gasteiger partial charge in [-0.25, -0.2) is 4.79 Å². The number of hydrogen-bond donors (Lipinski definition) is 2. The van der Waals surface area contributed by atoms with Gasteiger partial charge in [-0.2, -0.15) is 0 Å². The van der Waals surface area contributed by atoms with Crippen LogP contribution in [0, 0.1) is 0 Å². The summed E-state index contributed by atoms with van der Waals surface area (Å²) in [6.45, 7) is 4.13. The highest BCUT2D eigenvalue weighted by Crippen LogP contribution is 2.18. The number of carbonyl (C=O) groups is 1. The van der Waals surface area contributed by atoms with E-state index in [1.807, 2.05) is 0 Å². The molecule has 6 heteroatoms. The molecule has 92 valence electrons. The van der Waals surface area contributed by atoms with Crippen LogP contribution in [0.4, 0.5) is 0 Å². The molecule has 17 heavy (non-hydrogen) atoms. The summed E-state index contributed by atoms with van der Waals surface area (Å²) in [5.41, 5.74) is 0.541. The van der Waals surface area contributed by atoms with Gasteiger partial charge in [0.05, 0.1) is 13.2 Å². The Morgan fingerprint density at radius 2 is 2.00 bits per heavy atom. The Balaban J connectivity index is 3.07. The first-order chi connectivity index (χ1) is 8.10. The van der Waals surface area contributed by atoms with E-state index in [-0.39, 0.29) is 23.4 Å². The summed E-state index contributed by atoms with van der Waals surface area (Å²) in [6, 6.07) is 4.32. The summed E-state index contributed by atoms with van der Waals surface area (Å²) in [7, 11) is -1.59. The minimum absolute atomic E-state index is 0.265. The quantitative estimate of drug-likeness (QED) is 0.555. The van der Waals surface area contributed by atoms with E-state index < -0.39 is 13.1 Å². The highest BCUT2D eigenvalue weighted by atomic mass is 16.5. The second kappa shape index (κ2) is 6.27. The van der Waals surface area contributed by atoms with Crippen LogP contribution in [-0.2, 0) is 4.74 Å². The van der Waals surface area contributed by atoms with Crippen LogP contribution in [0.5, 0.6) is 5.75 Å². The predicted octanol–water partition coefficient (Wildman–Crippen LogP) is -0.0582. The van der Waals surface area contributed by atoms with Crippen LogP contribution in [0.25, 0.3) is 0 Å². The maximum Gasteiger partial charge on any atom is 0.488 e. The fourth-order valence-corrected chi connectivity index (χ4v) is 1.35. The number of benzene rings is 1. The Bertz CT molecular complexity index is 391. The molecule has 0 radical (unpaired) electrons. The van der Waals surface area contributed by atoms with Crippen LogP contribution >= 0.6 is 0 Å². The average Bonchev–Trinajstić information content (AvgIpc) is 2.29. The Hall–Kier alpha value is -1.53. The topological polar surface area (TPSA) is 76.0 Å². The molecule has 0 saturated heterocycles. The van der Waals surface area contributed by atoms with E-state index in [1.165, 1.54) is 18.2 Å². The minimum atomic E-state index is -1.59. The molecule has 2 N–H and O–H groups in total. The van der Waals surface area contributed by atoms with E-state index in [4.69, 9.17) is 19.5 Å². The predicted molar refractivity (Wildman–Crippen MR) is 63.4 cm³/mol. The zero-order valence-corrected chi connectivity index (χ0v) is 9.84. The highest BCUT2D eigenvalue weighted by molar-refractivity contribution is 6.58. The number of ether oxygens (including phenoxy) is 2. The lowest BCUT2D eigenvalue weighted by Gasteiger charge is -2.11. The molecule has 0 bridgehead atoms. The van der Waals surface area contributed by atoms with Crippen molar-refractivity contribution in [2.45, 2.75) is 13.8 Å². The summed E-state index contributed by atoms with van der Waals surface area (Å²) in [6.07, 6.45) is 0. The largest absolute Gasteiger partial charge is 0.493 e. The van der Waals surface area contributed by atoms with E-state index >= 15 is 0 Å². The van der Waals surface area contributed by atoms with Gasteiger partial charge < -0.3 is 19.5 Å². The average molecular weight is 238 g/mol. The Kier molecular flexibility index (Phi) is 4.99. The Morgan fingerprint density at radius 1 is 1.29 bits per heavy atom. The fraction of sp³-hybridized carbons (Fsp3) is 0.364. The minimum Gasteiger partial charge on any atom is -0.493 e. The molecule has 0 atom stereocenters. The van der Waals surface area contributed by atoms with Gasteiger partial charge in [0.15, 0.2) is 0 Å². The molecule has 0 spiro atoms. The maximum atomic E-state index is 11.6. The van der Waals surface area contributed by atoms with Crippen LogP contribution in [0.2, 0.25) is 0 Å². The van der Waals surface area contributed by atoms with Gasteiger partial charge >= 0.3 is 13.1 Å². The smallest absolute Gasteiger partial charge is 0.488 e. The van der Waals surface area contributed by atoms with Gasteiger partial charge in [0, 0.05) is 0 Å². The van der Waals surface area contributed by atoms with E-state index in [2.05, 4.69) is 0 Å². The third-order valence-corrected chi connectivity index (χ3v) is 2.10. The van der Waals surface area contributed by atoms with Crippen LogP contribution < -0.4 is 10.2 Å². The van der Waals surface area contributed by atoms with Crippen molar-refractivity contribution >= 4 is 18.6 Å². The van der Waals surface area contributed by atoms with Gasteiger partial charge in [0.1, 0.15) is 11.3 Å². The van der Waals surface area contributed by atoms with E-state index in [0.717, 1.165) is 0 Å². The molecule has 1 aromatic carbocycles. The molecule has 0 heterocycles. The molecular formula is C11H15BO5. The molecule has 0 fully saturated rings. The first kappa shape index (κ1) is 13.5. The van der Waals surface area contributed by atoms with E-state index in [9.17, 15) is 4.79 Å². The first-order valence-corrected chi connectivity index (χ1v) is 5.40. The Morgan fingerprint density at radius 3 is 2.53 bits per heavy atom. The second-order valence-electron chi connectivity index (χ2n) is 3.28. The van der Waals surface area contributed by atoms with Crippen LogP contribution in [0.15, 0.2) is 18.2 Å². The van der Waals surface area contributed by atoms with Crippen molar-refractivity contribution in [3.8, 4) is 5.75 Å². The molecule has 0 aromatic heterocycles. The summed E-state index contributed by atoms with van der Waals surface area (Å²) in [5, 5.41) is 18.1. The van der Waals surface area contributed by atoms with Crippen molar-refractivity contribution in [2.24, 2.45) is 0 Å². The molecule has 1 aromatic rings. The van der Waals surface area contributed by atoms with Crippen LogP contribution in [0.3, 0.4) is 0 Å². The van der Waals surface area contributed by atoms with Crippen molar-refractivity contribution in [1.29, 1.82) is 0 Å². The first-order valence-electron chi connectivity index (χ1n) is 5.40. The number of rotatable bonds is 5. The second-order valence-corrected chi connectivity index (χ2v) is 3.28. The summed E-state index contributed by atoms with van der Waals surface area (Å²) in [4.78, 5) is 11.6. The van der Waals surface area contributed by atoms with Crippen LogP contribution in [0.1, 0.15) is 24.2 Å².